The number of hydrogen-bond acceptors (Lipinski definition) is 6. The molecule has 0 aliphatic carbocycles. The molecule has 8 heteroatoms. The van der Waals surface area contributed by atoms with E-state index in [1.165, 1.54) is 0 Å². The van der Waals surface area contributed by atoms with Crippen LogP contribution in [0.5, 0.6) is 0 Å². The number of benzene rings is 1. The quantitative estimate of drug-likeness (QED) is 0.790. The number of hydrogen-bond donors (Lipinski definition) is 2. The zero-order chi connectivity index (χ0) is 19.7. The predicted octanol–water partition coefficient (Wildman–Crippen LogP) is 0.375. The number of piperazine rings is 1. The van der Waals surface area contributed by atoms with Crippen LogP contribution in [-0.4, -0.2) is 94.4 Å². The Kier molecular flexibility index (Phi) is 5.61. The summed E-state index contributed by atoms with van der Waals surface area (Å²) in [7, 11) is 2.18. The highest BCUT2D eigenvalue weighted by atomic mass is 16.2. The van der Waals surface area contributed by atoms with E-state index in [1.807, 2.05) is 17.9 Å². The van der Waals surface area contributed by atoms with E-state index in [1.54, 1.807) is 0 Å². The molecule has 28 heavy (non-hydrogen) atoms. The Morgan fingerprint density at radius 3 is 2.64 bits per heavy atom. The number of aromatic amines is 1. The summed E-state index contributed by atoms with van der Waals surface area (Å²) >= 11 is 0. The summed E-state index contributed by atoms with van der Waals surface area (Å²) in [5, 5.41) is 10.8. The van der Waals surface area contributed by atoms with Crippen molar-refractivity contribution in [1.29, 1.82) is 0 Å². The van der Waals surface area contributed by atoms with Crippen molar-refractivity contribution in [3.05, 3.63) is 23.3 Å². The average Bonchev–Trinajstić information content (AvgIpc) is 3.17. The maximum Gasteiger partial charge on any atom is 0.239 e. The molecule has 3 heterocycles. The van der Waals surface area contributed by atoms with Crippen LogP contribution in [0.15, 0.2) is 12.1 Å². The largest absolute Gasteiger partial charge is 0.341 e. The fourth-order valence-electron chi connectivity index (χ4n) is 4.53. The van der Waals surface area contributed by atoms with Crippen LogP contribution in [0.1, 0.15) is 24.0 Å². The van der Waals surface area contributed by atoms with Gasteiger partial charge in [0.1, 0.15) is 5.52 Å². The van der Waals surface area contributed by atoms with E-state index in [-0.39, 0.29) is 5.91 Å². The molecule has 152 valence electrons. The molecule has 2 aliphatic heterocycles. The first-order chi connectivity index (χ1) is 13.5. The van der Waals surface area contributed by atoms with E-state index in [0.29, 0.717) is 12.5 Å². The summed E-state index contributed by atoms with van der Waals surface area (Å²) < 4.78 is 0. The number of nitrogens with zero attached hydrogens (tertiary/aromatic N) is 5. The van der Waals surface area contributed by atoms with E-state index in [0.717, 1.165) is 74.3 Å². The number of carbonyl (C=O) groups is 1. The highest BCUT2D eigenvalue weighted by molar-refractivity contribution is 5.83. The van der Waals surface area contributed by atoms with Crippen molar-refractivity contribution in [2.45, 2.75) is 38.3 Å². The number of likely N-dealkylation sites (N-methyl/N-ethyl adjacent to an activating group) is 1. The molecule has 2 aliphatic rings. The molecule has 2 saturated heterocycles. The highest BCUT2D eigenvalue weighted by Crippen LogP contribution is 2.20. The molecule has 1 amide bonds. The SMILES string of the molecule is Cc1cc(CC(N)C(=O)N2CCC(N3CCN(C)CC3)CC2)cc2nn[nH]c12. The molecule has 2 fully saturated rings. The second-order valence-corrected chi connectivity index (χ2v) is 8.32. The lowest BCUT2D eigenvalue weighted by atomic mass is 9.99. The van der Waals surface area contributed by atoms with Gasteiger partial charge in [-0.2, -0.15) is 0 Å². The molecular weight excluding hydrogens is 354 g/mol. The van der Waals surface area contributed by atoms with Crippen molar-refractivity contribution in [2.24, 2.45) is 5.73 Å². The minimum atomic E-state index is -0.510. The van der Waals surface area contributed by atoms with Crippen molar-refractivity contribution >= 4 is 16.9 Å². The van der Waals surface area contributed by atoms with Crippen LogP contribution in [0.4, 0.5) is 0 Å². The topological polar surface area (TPSA) is 94.4 Å². The summed E-state index contributed by atoms with van der Waals surface area (Å²) in [4.78, 5) is 19.8. The lowest BCUT2D eigenvalue weighted by molar-refractivity contribution is -0.134. The van der Waals surface area contributed by atoms with E-state index >= 15 is 0 Å². The van der Waals surface area contributed by atoms with Crippen molar-refractivity contribution in [3.8, 4) is 0 Å². The first kappa shape index (κ1) is 19.3. The van der Waals surface area contributed by atoms with Crippen LogP contribution >= 0.6 is 0 Å². The van der Waals surface area contributed by atoms with Gasteiger partial charge >= 0.3 is 0 Å². The minimum absolute atomic E-state index is 0.0646. The third kappa shape index (κ3) is 4.04. The number of aromatic nitrogens is 3. The third-order valence-electron chi connectivity index (χ3n) is 6.30. The van der Waals surface area contributed by atoms with Gasteiger partial charge in [-0.3, -0.25) is 14.8 Å². The number of aryl methyl sites for hydroxylation is 1. The molecule has 0 spiro atoms. The fraction of sp³-hybridized carbons (Fsp3) is 0.650. The van der Waals surface area contributed by atoms with Crippen LogP contribution in [0.25, 0.3) is 11.0 Å². The Bertz CT molecular complexity index is 819. The summed E-state index contributed by atoms with van der Waals surface area (Å²) in [6.45, 7) is 8.19. The molecule has 2 aromatic rings. The number of fused-ring (bicyclic) bond motifs is 1. The number of piperidine rings is 1. The van der Waals surface area contributed by atoms with Crippen LogP contribution in [-0.2, 0) is 11.2 Å². The molecule has 0 saturated carbocycles. The van der Waals surface area contributed by atoms with Gasteiger partial charge in [0.2, 0.25) is 5.91 Å². The zero-order valence-corrected chi connectivity index (χ0v) is 16.9. The second kappa shape index (κ2) is 8.14. The van der Waals surface area contributed by atoms with E-state index in [4.69, 9.17) is 5.73 Å². The number of H-pyrrole nitrogens is 1. The molecule has 1 aromatic heterocycles. The van der Waals surface area contributed by atoms with Crippen molar-refractivity contribution < 1.29 is 4.79 Å². The summed E-state index contributed by atoms with van der Waals surface area (Å²) in [6.07, 6.45) is 2.62. The number of nitrogens with one attached hydrogen (secondary N) is 1. The monoisotopic (exact) mass is 385 g/mol. The number of carbonyl (C=O) groups excluding carboxylic acids is 1. The van der Waals surface area contributed by atoms with E-state index < -0.39 is 6.04 Å². The maximum absolute atomic E-state index is 12.9. The highest BCUT2D eigenvalue weighted by Gasteiger charge is 2.30. The maximum atomic E-state index is 12.9. The zero-order valence-electron chi connectivity index (χ0n) is 16.9. The van der Waals surface area contributed by atoms with Crippen LogP contribution in [0.2, 0.25) is 0 Å². The van der Waals surface area contributed by atoms with E-state index in [9.17, 15) is 4.79 Å². The van der Waals surface area contributed by atoms with Gasteiger partial charge in [-0.1, -0.05) is 11.3 Å². The molecule has 1 unspecified atom stereocenters. The Balaban J connectivity index is 1.31. The molecule has 1 atom stereocenters. The Morgan fingerprint density at radius 2 is 1.93 bits per heavy atom. The molecule has 3 N–H and O–H groups in total. The third-order valence-corrected chi connectivity index (χ3v) is 6.30. The number of likely N-dealkylation sites (tertiary alicyclic amines) is 1. The van der Waals surface area contributed by atoms with E-state index in [2.05, 4.69) is 38.3 Å². The van der Waals surface area contributed by atoms with Crippen LogP contribution in [0.3, 0.4) is 0 Å². The van der Waals surface area contributed by atoms with Gasteiger partial charge < -0.3 is 15.5 Å². The smallest absolute Gasteiger partial charge is 0.239 e. The van der Waals surface area contributed by atoms with Gasteiger partial charge in [-0.15, -0.1) is 5.10 Å². The average molecular weight is 386 g/mol. The number of rotatable bonds is 4. The van der Waals surface area contributed by atoms with Gasteiger partial charge in [0, 0.05) is 45.3 Å². The molecule has 8 nitrogen and oxygen atoms in total. The second-order valence-electron chi connectivity index (χ2n) is 8.32. The van der Waals surface area contributed by atoms with Gasteiger partial charge in [-0.05, 0) is 50.4 Å². The van der Waals surface area contributed by atoms with Gasteiger partial charge in [0.15, 0.2) is 0 Å². The lowest BCUT2D eigenvalue weighted by Crippen LogP contribution is -2.54. The summed E-state index contributed by atoms with van der Waals surface area (Å²) in [6, 6.07) is 4.13. The normalized spacial score (nSPS) is 21.3. The molecule has 0 radical (unpaired) electrons. The standard InChI is InChI=1S/C20H31N7O/c1-14-11-15(13-18-19(14)23-24-22-18)12-17(21)20(28)27-5-3-16(4-6-27)26-9-7-25(2)8-10-26/h11,13,16-17H,3-10,12,21H2,1-2H3,(H,22,23,24). The summed E-state index contributed by atoms with van der Waals surface area (Å²) in [5.41, 5.74) is 10.2. The molecule has 0 bridgehead atoms. The van der Waals surface area contributed by atoms with Gasteiger partial charge in [0.05, 0.1) is 11.6 Å². The van der Waals surface area contributed by atoms with Crippen molar-refractivity contribution in [3.63, 3.8) is 0 Å². The Morgan fingerprint density at radius 1 is 1.21 bits per heavy atom. The number of amides is 1. The Labute approximate surface area is 166 Å². The Hall–Kier alpha value is -2.03. The minimum Gasteiger partial charge on any atom is -0.341 e. The van der Waals surface area contributed by atoms with Crippen LogP contribution < -0.4 is 5.73 Å². The first-order valence-corrected chi connectivity index (χ1v) is 10.3. The summed E-state index contributed by atoms with van der Waals surface area (Å²) in [5.74, 6) is 0.0646. The van der Waals surface area contributed by atoms with Gasteiger partial charge in [0.25, 0.3) is 0 Å². The lowest BCUT2D eigenvalue weighted by Gasteiger charge is -2.42. The fourth-order valence-corrected chi connectivity index (χ4v) is 4.53. The number of nitrogens with two attached hydrogens (primary N) is 1. The van der Waals surface area contributed by atoms with Gasteiger partial charge in [-0.25, -0.2) is 0 Å². The van der Waals surface area contributed by atoms with Crippen molar-refractivity contribution in [2.75, 3.05) is 46.3 Å². The molecular formula is C20H31N7O. The first-order valence-electron chi connectivity index (χ1n) is 10.3. The predicted molar refractivity (Wildman–Crippen MR) is 109 cm³/mol. The van der Waals surface area contributed by atoms with Crippen LogP contribution in [0, 0.1) is 6.92 Å². The van der Waals surface area contributed by atoms with Crippen molar-refractivity contribution in [1.82, 2.24) is 30.1 Å². The molecule has 4 rings (SSSR count). The molecule has 1 aromatic carbocycles.